The Morgan fingerprint density at radius 3 is 2.71 bits per heavy atom. The zero-order valence-electron chi connectivity index (χ0n) is 7.51. The fourth-order valence-corrected chi connectivity index (χ4v) is 1.34. The molecule has 0 amide bonds. The number of aliphatic hydroxyl groups is 1. The van der Waals surface area contributed by atoms with E-state index in [0.29, 0.717) is 5.69 Å². The normalized spacial score (nSPS) is 12.3. The predicted octanol–water partition coefficient (Wildman–Crippen LogP) is 1.90. The highest BCUT2D eigenvalue weighted by Gasteiger charge is 2.04. The van der Waals surface area contributed by atoms with Gasteiger partial charge in [0.1, 0.15) is 0 Å². The molecular formula is C12H9NO. The Morgan fingerprint density at radius 1 is 1.29 bits per heavy atom. The molecular weight excluding hydrogens is 174 g/mol. The molecule has 0 aliphatic heterocycles. The van der Waals surface area contributed by atoms with Gasteiger partial charge in [-0.25, -0.2) is 0 Å². The Balaban J connectivity index is 2.58. The summed E-state index contributed by atoms with van der Waals surface area (Å²) < 4.78 is 0. The first kappa shape index (κ1) is 8.74. The van der Waals surface area contributed by atoms with Crippen molar-refractivity contribution in [2.75, 3.05) is 0 Å². The Kier molecular flexibility index (Phi) is 2.18. The topological polar surface area (TPSA) is 33.1 Å². The van der Waals surface area contributed by atoms with E-state index in [-0.39, 0.29) is 0 Å². The number of fused-ring (bicyclic) bond motifs is 1. The maximum Gasteiger partial charge on any atom is 0.156 e. The number of hydrogen-bond donors (Lipinski definition) is 1. The molecule has 2 aromatic rings. The lowest BCUT2D eigenvalue weighted by Gasteiger charge is -2.03. The van der Waals surface area contributed by atoms with E-state index < -0.39 is 6.10 Å². The zero-order chi connectivity index (χ0) is 9.97. The lowest BCUT2D eigenvalue weighted by molar-refractivity contribution is 0.234. The van der Waals surface area contributed by atoms with E-state index in [2.05, 4.69) is 10.9 Å². The smallest absolute Gasteiger partial charge is 0.156 e. The molecule has 0 aliphatic carbocycles. The van der Waals surface area contributed by atoms with Crippen molar-refractivity contribution < 1.29 is 5.11 Å². The summed E-state index contributed by atoms with van der Waals surface area (Å²) in [5.41, 5.74) is 0.520. The van der Waals surface area contributed by atoms with Gasteiger partial charge < -0.3 is 5.11 Å². The Hall–Kier alpha value is -1.85. The van der Waals surface area contributed by atoms with Crippen LogP contribution in [0.5, 0.6) is 0 Å². The lowest BCUT2D eigenvalue weighted by Crippen LogP contribution is -1.96. The van der Waals surface area contributed by atoms with Crippen LogP contribution in [0.15, 0.2) is 36.5 Å². The average molecular weight is 183 g/mol. The van der Waals surface area contributed by atoms with Gasteiger partial charge in [-0.1, -0.05) is 30.2 Å². The molecule has 0 saturated heterocycles. The molecule has 2 heteroatoms. The summed E-state index contributed by atoms with van der Waals surface area (Å²) in [4.78, 5) is 4.09. The highest BCUT2D eigenvalue weighted by atomic mass is 16.3. The second-order valence-corrected chi connectivity index (χ2v) is 3.03. The van der Waals surface area contributed by atoms with Crippen LogP contribution in [0.3, 0.4) is 0 Å². The van der Waals surface area contributed by atoms with Crippen molar-refractivity contribution in [3.8, 4) is 12.3 Å². The Bertz CT molecular complexity index is 499. The highest BCUT2D eigenvalue weighted by Crippen LogP contribution is 2.16. The summed E-state index contributed by atoms with van der Waals surface area (Å²) in [7, 11) is 0. The van der Waals surface area contributed by atoms with Crippen LogP contribution < -0.4 is 0 Å². The number of pyridine rings is 1. The summed E-state index contributed by atoms with van der Waals surface area (Å²) in [6, 6.07) is 9.62. The SMILES string of the molecule is C#C[C@@H](O)c1cc2ccccc2cn1. The van der Waals surface area contributed by atoms with E-state index in [4.69, 9.17) is 6.42 Å². The molecule has 1 N–H and O–H groups in total. The summed E-state index contributed by atoms with van der Waals surface area (Å²) in [6.45, 7) is 0. The molecule has 1 aromatic heterocycles. The predicted molar refractivity (Wildman–Crippen MR) is 55.5 cm³/mol. The quantitative estimate of drug-likeness (QED) is 0.685. The van der Waals surface area contributed by atoms with Gasteiger partial charge in [-0.3, -0.25) is 4.98 Å². The van der Waals surface area contributed by atoms with Crippen molar-refractivity contribution in [3.63, 3.8) is 0 Å². The van der Waals surface area contributed by atoms with Crippen LogP contribution in [0.1, 0.15) is 11.8 Å². The molecule has 2 rings (SSSR count). The molecule has 1 heterocycles. The van der Waals surface area contributed by atoms with Crippen molar-refractivity contribution in [3.05, 3.63) is 42.2 Å². The minimum Gasteiger partial charge on any atom is -0.374 e. The molecule has 0 aliphatic rings. The van der Waals surface area contributed by atoms with Crippen molar-refractivity contribution in [2.45, 2.75) is 6.10 Å². The first-order chi connectivity index (χ1) is 6.81. The van der Waals surface area contributed by atoms with Gasteiger partial charge in [-0.2, -0.15) is 0 Å². The minimum absolute atomic E-state index is 0.520. The molecule has 1 aromatic carbocycles. The van der Waals surface area contributed by atoms with Crippen LogP contribution in [0.2, 0.25) is 0 Å². The van der Waals surface area contributed by atoms with Gasteiger partial charge in [0.25, 0.3) is 0 Å². The largest absolute Gasteiger partial charge is 0.374 e. The first-order valence-electron chi connectivity index (χ1n) is 4.30. The third kappa shape index (κ3) is 1.46. The fourth-order valence-electron chi connectivity index (χ4n) is 1.34. The number of rotatable bonds is 1. The highest BCUT2D eigenvalue weighted by molar-refractivity contribution is 5.81. The van der Waals surface area contributed by atoms with Crippen LogP contribution in [-0.2, 0) is 0 Å². The van der Waals surface area contributed by atoms with Crippen LogP contribution in [0.4, 0.5) is 0 Å². The molecule has 14 heavy (non-hydrogen) atoms. The molecule has 0 unspecified atom stereocenters. The van der Waals surface area contributed by atoms with Gasteiger partial charge >= 0.3 is 0 Å². The average Bonchev–Trinajstić information content (AvgIpc) is 2.27. The van der Waals surface area contributed by atoms with Crippen LogP contribution in [-0.4, -0.2) is 10.1 Å². The zero-order valence-corrected chi connectivity index (χ0v) is 7.51. The Morgan fingerprint density at radius 2 is 2.00 bits per heavy atom. The van der Waals surface area contributed by atoms with E-state index in [9.17, 15) is 5.11 Å². The van der Waals surface area contributed by atoms with Gasteiger partial charge in [0.2, 0.25) is 0 Å². The number of terminal acetylenes is 1. The third-order valence-corrected chi connectivity index (χ3v) is 2.09. The number of nitrogens with zero attached hydrogens (tertiary/aromatic N) is 1. The lowest BCUT2D eigenvalue weighted by atomic mass is 10.1. The van der Waals surface area contributed by atoms with E-state index >= 15 is 0 Å². The van der Waals surface area contributed by atoms with Gasteiger partial charge in [0, 0.05) is 11.6 Å². The summed E-state index contributed by atoms with van der Waals surface area (Å²) in [6.07, 6.45) is 5.90. The molecule has 0 bridgehead atoms. The summed E-state index contributed by atoms with van der Waals surface area (Å²) in [5.74, 6) is 2.24. The standard InChI is InChI=1S/C12H9NO/c1-2-12(14)11-7-9-5-3-4-6-10(9)8-13-11/h1,3-8,12,14H/t12-/m1/s1. The van der Waals surface area contributed by atoms with Gasteiger partial charge in [-0.05, 0) is 11.5 Å². The first-order valence-corrected chi connectivity index (χ1v) is 4.30. The van der Waals surface area contributed by atoms with E-state index in [1.807, 2.05) is 24.3 Å². The summed E-state index contributed by atoms with van der Waals surface area (Å²) >= 11 is 0. The van der Waals surface area contributed by atoms with Crippen molar-refractivity contribution in [1.29, 1.82) is 0 Å². The van der Waals surface area contributed by atoms with Gasteiger partial charge in [-0.15, -0.1) is 6.42 Å². The fraction of sp³-hybridized carbons (Fsp3) is 0.0833. The third-order valence-electron chi connectivity index (χ3n) is 2.09. The second kappa shape index (κ2) is 3.49. The van der Waals surface area contributed by atoms with E-state index in [1.54, 1.807) is 12.3 Å². The minimum atomic E-state index is -0.917. The number of aromatic nitrogens is 1. The molecule has 0 fully saturated rings. The number of aliphatic hydroxyl groups excluding tert-OH is 1. The molecule has 68 valence electrons. The molecule has 0 saturated carbocycles. The second-order valence-electron chi connectivity index (χ2n) is 3.03. The molecule has 1 atom stereocenters. The van der Waals surface area contributed by atoms with E-state index in [1.165, 1.54) is 0 Å². The molecule has 2 nitrogen and oxygen atoms in total. The maximum atomic E-state index is 9.39. The number of hydrogen-bond acceptors (Lipinski definition) is 2. The number of benzene rings is 1. The van der Waals surface area contributed by atoms with Crippen LogP contribution in [0, 0.1) is 12.3 Å². The molecule has 0 radical (unpaired) electrons. The van der Waals surface area contributed by atoms with Crippen LogP contribution >= 0.6 is 0 Å². The Labute approximate surface area is 82.2 Å². The summed E-state index contributed by atoms with van der Waals surface area (Å²) in [5, 5.41) is 11.5. The van der Waals surface area contributed by atoms with Crippen molar-refractivity contribution in [2.24, 2.45) is 0 Å². The maximum absolute atomic E-state index is 9.39. The van der Waals surface area contributed by atoms with Gasteiger partial charge in [0.15, 0.2) is 6.10 Å². The van der Waals surface area contributed by atoms with Crippen molar-refractivity contribution in [1.82, 2.24) is 4.98 Å². The van der Waals surface area contributed by atoms with Gasteiger partial charge in [0.05, 0.1) is 5.69 Å². The van der Waals surface area contributed by atoms with Crippen LogP contribution in [0.25, 0.3) is 10.8 Å². The van der Waals surface area contributed by atoms with E-state index in [0.717, 1.165) is 10.8 Å². The molecule has 0 spiro atoms. The van der Waals surface area contributed by atoms with Crippen molar-refractivity contribution >= 4 is 10.8 Å². The monoisotopic (exact) mass is 183 g/mol.